The first-order valence-corrected chi connectivity index (χ1v) is 17.3. The maximum Gasteiger partial charge on any atom is -1.00 e. The number of halogens is 2. The van der Waals surface area contributed by atoms with Gasteiger partial charge in [0.1, 0.15) is 0 Å². The Hall–Kier alpha value is -1.90. The van der Waals surface area contributed by atoms with Gasteiger partial charge in [-0.05, 0) is 30.2 Å². The molecule has 1 aromatic heterocycles. The van der Waals surface area contributed by atoms with Crippen LogP contribution in [0.3, 0.4) is 0 Å². The van der Waals surface area contributed by atoms with Gasteiger partial charge < -0.3 is 29.4 Å². The van der Waals surface area contributed by atoms with Crippen molar-refractivity contribution < 1.29 is 49.5 Å². The average Bonchev–Trinajstić information content (AvgIpc) is 3.55. The van der Waals surface area contributed by atoms with E-state index in [0.29, 0.717) is 3.63 Å². The number of rotatable bonds is 2. The molecule has 0 N–H and O–H groups in total. The Morgan fingerprint density at radius 3 is 2.05 bits per heavy atom. The molecule has 0 amide bonds. The normalized spacial score (nSPS) is 19.2. The predicted octanol–water partition coefficient (Wildman–Crippen LogP) is 2.82. The monoisotopic (exact) mass is 630 g/mol. The van der Waals surface area contributed by atoms with Crippen LogP contribution in [0.5, 0.6) is 0 Å². The fraction of sp³-hybridized carbons (Fsp3) is 0.212. The number of nitrogens with zero attached hydrogens (tertiary/aromatic N) is 1. The van der Waals surface area contributed by atoms with Gasteiger partial charge in [-0.15, -0.1) is 0 Å². The van der Waals surface area contributed by atoms with Gasteiger partial charge in [0.15, 0.2) is 0 Å². The Balaban J connectivity index is 0.000000168. The standard InChI is InChI=1S/C17H15.C16H17NSi.2ClH.Zr/c1-12-6-8-14(9-7-12)16-5-3-4-15-10-13(2)11-17(15)16;1-11-15-13-9-17(12-7-5-4-6-8-12)10-14(13)16(11)18(15,2)3;;;/h3-11H,1-2H3;4-10,15H,1-3H3;2*1H;/q;;;;+2/p-2. The molecule has 0 radical (unpaired) electrons. The maximum absolute atomic E-state index is 2.51. The second-order valence-corrected chi connectivity index (χ2v) is 17.0. The first-order chi connectivity index (χ1) is 17.3. The average molecular weight is 633 g/mol. The number of aryl methyl sites for hydroxylation is 1. The molecule has 2 unspecified atom stereocenters. The second-order valence-electron chi connectivity index (χ2n) is 11.1. The number of aromatic nitrogens is 1. The zero-order valence-electron chi connectivity index (χ0n) is 22.5. The molecular weight excluding hydrogens is 601 g/mol. The van der Waals surface area contributed by atoms with E-state index in [9.17, 15) is 0 Å². The van der Waals surface area contributed by atoms with Crippen LogP contribution in [-0.4, -0.2) is 12.6 Å². The zero-order valence-corrected chi connectivity index (χ0v) is 27.5. The van der Waals surface area contributed by atoms with E-state index in [4.69, 9.17) is 0 Å². The molecule has 0 saturated carbocycles. The number of hydrogen-bond acceptors (Lipinski definition) is 0. The van der Waals surface area contributed by atoms with Crippen LogP contribution >= 0.6 is 0 Å². The summed E-state index contributed by atoms with van der Waals surface area (Å²) in [6, 6.07) is 26.2. The molecule has 2 atom stereocenters. The van der Waals surface area contributed by atoms with E-state index in [2.05, 4.69) is 130 Å². The van der Waals surface area contributed by atoms with Gasteiger partial charge in [-0.25, -0.2) is 0 Å². The molecule has 4 aromatic rings. The smallest absolute Gasteiger partial charge is 1.00 e. The Kier molecular flexibility index (Phi) is 8.37. The summed E-state index contributed by atoms with van der Waals surface area (Å²) in [7, 11) is -1.12. The molecule has 4 aliphatic rings. The van der Waals surface area contributed by atoms with Crippen LogP contribution in [0.25, 0.3) is 28.1 Å². The van der Waals surface area contributed by atoms with Crippen molar-refractivity contribution in [3.8, 4) is 16.8 Å². The van der Waals surface area contributed by atoms with Crippen molar-refractivity contribution in [2.75, 3.05) is 0 Å². The fourth-order valence-corrected chi connectivity index (χ4v) is 11.8. The third-order valence-electron chi connectivity index (χ3n) is 8.33. The first-order valence-electron chi connectivity index (χ1n) is 12.9. The van der Waals surface area contributed by atoms with Gasteiger partial charge >= 0.3 is 124 Å². The maximum atomic E-state index is 2.51. The quantitative estimate of drug-likeness (QED) is 0.300. The second kappa shape index (κ2) is 10.9. The molecular formula is C33H32Cl2NSiZr. The molecule has 3 aromatic carbocycles. The third kappa shape index (κ3) is 4.60. The van der Waals surface area contributed by atoms with Crippen LogP contribution < -0.4 is 24.8 Å². The summed E-state index contributed by atoms with van der Waals surface area (Å²) in [5, 5.41) is 1.72. The molecule has 2 aliphatic carbocycles. The van der Waals surface area contributed by atoms with Crippen LogP contribution in [0.15, 0.2) is 96.3 Å². The Bertz CT molecular complexity index is 1550. The van der Waals surface area contributed by atoms with Gasteiger partial charge in [0.2, 0.25) is 0 Å². The Labute approximate surface area is 255 Å². The zero-order chi connectivity index (χ0) is 25.2. The summed E-state index contributed by atoms with van der Waals surface area (Å²) < 4.78 is 2.94. The third-order valence-corrected chi connectivity index (χ3v) is 14.3. The molecule has 8 rings (SSSR count). The van der Waals surface area contributed by atoms with E-state index in [1.807, 2.05) is 0 Å². The molecule has 1 nitrogen and oxygen atoms in total. The molecule has 5 heteroatoms. The van der Waals surface area contributed by atoms with Gasteiger partial charge in [0.25, 0.3) is 0 Å². The first kappa shape index (κ1) is 29.1. The fourth-order valence-electron chi connectivity index (χ4n) is 6.64. The molecule has 0 spiro atoms. The van der Waals surface area contributed by atoms with Gasteiger partial charge in [0, 0.05) is 23.6 Å². The van der Waals surface area contributed by atoms with Crippen LogP contribution in [0.1, 0.15) is 50.8 Å². The summed E-state index contributed by atoms with van der Waals surface area (Å²) >= 11 is 1.59. The van der Waals surface area contributed by atoms with Gasteiger partial charge in [-0.3, -0.25) is 0 Å². The predicted molar refractivity (Wildman–Crippen MR) is 152 cm³/mol. The van der Waals surface area contributed by atoms with Gasteiger partial charge in [0.05, 0.1) is 8.07 Å². The van der Waals surface area contributed by atoms with Crippen molar-refractivity contribution in [2.24, 2.45) is 0 Å². The molecule has 191 valence electrons. The summed E-state index contributed by atoms with van der Waals surface area (Å²) in [6.45, 7) is 11.7. The van der Waals surface area contributed by atoms with Crippen molar-refractivity contribution in [2.45, 2.75) is 43.0 Å². The van der Waals surface area contributed by atoms with Crippen molar-refractivity contribution in [1.82, 2.24) is 4.57 Å². The summed E-state index contributed by atoms with van der Waals surface area (Å²) in [5.74, 6) is 0. The topological polar surface area (TPSA) is 4.93 Å². The van der Waals surface area contributed by atoms with Crippen LogP contribution in [0, 0.1) is 6.92 Å². The van der Waals surface area contributed by atoms with Crippen molar-refractivity contribution in [3.63, 3.8) is 0 Å². The van der Waals surface area contributed by atoms with Crippen molar-refractivity contribution in [1.29, 1.82) is 0 Å². The van der Waals surface area contributed by atoms with Crippen LogP contribution in [-0.2, 0) is 24.7 Å². The Morgan fingerprint density at radius 2 is 1.42 bits per heavy atom. The molecule has 38 heavy (non-hydrogen) atoms. The van der Waals surface area contributed by atoms with E-state index in [1.54, 1.807) is 41.1 Å². The molecule has 2 bridgehead atoms. The molecule has 2 aliphatic heterocycles. The van der Waals surface area contributed by atoms with Crippen molar-refractivity contribution >= 4 is 19.3 Å². The molecule has 0 saturated heterocycles. The number of hydrogen-bond donors (Lipinski definition) is 0. The molecule has 0 fully saturated rings. The van der Waals surface area contributed by atoms with E-state index in [1.165, 1.54) is 44.6 Å². The van der Waals surface area contributed by atoms with Gasteiger partial charge in [-0.1, -0.05) is 42.1 Å². The Morgan fingerprint density at radius 1 is 0.737 bits per heavy atom. The minimum atomic E-state index is -1.12. The minimum Gasteiger partial charge on any atom is -1.00 e. The number of benzene rings is 3. The van der Waals surface area contributed by atoms with E-state index < -0.39 is 8.07 Å². The van der Waals surface area contributed by atoms with Crippen molar-refractivity contribution in [3.05, 3.63) is 124 Å². The van der Waals surface area contributed by atoms with Crippen LogP contribution in [0.2, 0.25) is 13.1 Å². The number of fused-ring (bicyclic) bond motifs is 1. The minimum absolute atomic E-state index is 0. The summed E-state index contributed by atoms with van der Waals surface area (Å²) in [5.41, 5.74) is 15.3. The van der Waals surface area contributed by atoms with E-state index in [-0.39, 0.29) is 24.8 Å². The summed E-state index contributed by atoms with van der Waals surface area (Å²) in [6.07, 6.45) is 7.06. The van der Waals surface area contributed by atoms with Crippen LogP contribution in [0.4, 0.5) is 0 Å². The molecule has 3 heterocycles. The summed E-state index contributed by atoms with van der Waals surface area (Å²) in [4.78, 5) is 0. The van der Waals surface area contributed by atoms with Gasteiger partial charge in [-0.2, -0.15) is 0 Å². The van der Waals surface area contributed by atoms with E-state index >= 15 is 0 Å². The number of para-hydroxylation sites is 1. The SMILES string of the molecule is CC1=C2c3cn(-c4ccccc4)cc3C1[Si]2(C)C.CC1=Cc2c(-c3ccc(C)cc3)cccc2[CH]1[Zr+2].[Cl-].[Cl-]. The van der Waals surface area contributed by atoms with E-state index in [0.717, 1.165) is 5.54 Å². The largest absolute Gasteiger partial charge is 1.00 e. The number of allylic oxidation sites excluding steroid dienone is 2.